The van der Waals surface area contributed by atoms with Crippen LogP contribution in [0.4, 0.5) is 4.39 Å². The molecule has 2 amide bonds. The normalized spacial score (nSPS) is 12.8. The summed E-state index contributed by atoms with van der Waals surface area (Å²) in [7, 11) is 0. The maximum atomic E-state index is 13.3. The van der Waals surface area contributed by atoms with E-state index < -0.39 is 6.04 Å². The van der Waals surface area contributed by atoms with E-state index in [1.54, 1.807) is 17.0 Å². The molecule has 1 N–H and O–H groups in total. The van der Waals surface area contributed by atoms with Gasteiger partial charge in [0.05, 0.1) is 5.75 Å². The Morgan fingerprint density at radius 2 is 1.67 bits per heavy atom. The van der Waals surface area contributed by atoms with Gasteiger partial charge >= 0.3 is 0 Å². The van der Waals surface area contributed by atoms with E-state index in [0.29, 0.717) is 6.42 Å². The molecule has 0 unspecified atom stereocenters. The summed E-state index contributed by atoms with van der Waals surface area (Å²) in [6, 6.07) is 13.5. The molecule has 0 saturated heterocycles. The average molecular weight is 431 g/mol. The summed E-state index contributed by atoms with van der Waals surface area (Å²) in [5, 5.41) is 2.99. The third kappa shape index (κ3) is 7.17. The second kappa shape index (κ2) is 11.7. The molecule has 2 aromatic carbocycles. The molecule has 30 heavy (non-hydrogen) atoms. The smallest absolute Gasteiger partial charge is 0.243 e. The van der Waals surface area contributed by atoms with Crippen molar-refractivity contribution in [3.63, 3.8) is 0 Å². The Morgan fingerprint density at radius 3 is 2.23 bits per heavy atom. The second-order valence-corrected chi connectivity index (χ2v) is 8.54. The lowest BCUT2D eigenvalue weighted by Gasteiger charge is -2.31. The van der Waals surface area contributed by atoms with Gasteiger partial charge < -0.3 is 10.2 Å². The molecule has 0 bridgehead atoms. The molecule has 6 heteroatoms. The first-order valence-corrected chi connectivity index (χ1v) is 11.4. The molecule has 0 aliphatic rings. The van der Waals surface area contributed by atoms with Gasteiger partial charge in [-0.15, -0.1) is 11.8 Å². The van der Waals surface area contributed by atoms with Crippen molar-refractivity contribution in [2.45, 2.75) is 64.1 Å². The van der Waals surface area contributed by atoms with Crippen LogP contribution < -0.4 is 5.32 Å². The quantitative estimate of drug-likeness (QED) is 0.543. The number of hydrogen-bond donors (Lipinski definition) is 1. The van der Waals surface area contributed by atoms with Crippen LogP contribution in [-0.4, -0.2) is 34.6 Å². The SMILES string of the molecule is CC[C@@H](C)NC(=O)[C@@H](CC)N(Cc1ccc(F)cc1)C(=O)CSc1ccc(C)cc1. The molecular formula is C24H31FN2O2S. The van der Waals surface area contributed by atoms with E-state index in [2.05, 4.69) is 5.32 Å². The van der Waals surface area contributed by atoms with Gasteiger partial charge in [-0.3, -0.25) is 9.59 Å². The van der Waals surface area contributed by atoms with Gasteiger partial charge in [0.15, 0.2) is 0 Å². The number of halogens is 1. The van der Waals surface area contributed by atoms with Crippen molar-refractivity contribution in [3.8, 4) is 0 Å². The van der Waals surface area contributed by atoms with Gasteiger partial charge in [-0.25, -0.2) is 4.39 Å². The van der Waals surface area contributed by atoms with Crippen LogP contribution in [0.1, 0.15) is 44.7 Å². The molecule has 0 heterocycles. The molecule has 0 saturated carbocycles. The first-order chi connectivity index (χ1) is 14.3. The van der Waals surface area contributed by atoms with Gasteiger partial charge in [-0.2, -0.15) is 0 Å². The van der Waals surface area contributed by atoms with Gasteiger partial charge in [0.1, 0.15) is 11.9 Å². The Balaban J connectivity index is 2.19. The van der Waals surface area contributed by atoms with E-state index in [-0.39, 0.29) is 36.0 Å². The predicted molar refractivity (Wildman–Crippen MR) is 121 cm³/mol. The number of nitrogens with one attached hydrogen (secondary N) is 1. The van der Waals surface area contributed by atoms with Gasteiger partial charge in [-0.05, 0) is 56.5 Å². The second-order valence-electron chi connectivity index (χ2n) is 7.49. The van der Waals surface area contributed by atoms with Gasteiger partial charge in [0, 0.05) is 17.5 Å². The third-order valence-corrected chi connectivity index (χ3v) is 6.03. The highest BCUT2D eigenvalue weighted by Crippen LogP contribution is 2.21. The summed E-state index contributed by atoms with van der Waals surface area (Å²) >= 11 is 1.45. The molecule has 0 aliphatic heterocycles. The monoisotopic (exact) mass is 430 g/mol. The minimum absolute atomic E-state index is 0.0382. The minimum Gasteiger partial charge on any atom is -0.352 e. The Bertz CT molecular complexity index is 824. The lowest BCUT2D eigenvalue weighted by Crippen LogP contribution is -2.51. The van der Waals surface area contributed by atoms with Crippen molar-refractivity contribution in [3.05, 3.63) is 65.5 Å². The highest BCUT2D eigenvalue weighted by Gasteiger charge is 2.29. The number of nitrogens with zero attached hydrogens (tertiary/aromatic N) is 1. The number of benzene rings is 2. The zero-order chi connectivity index (χ0) is 22.1. The largest absolute Gasteiger partial charge is 0.352 e. The van der Waals surface area contributed by atoms with Gasteiger partial charge in [0.25, 0.3) is 0 Å². The van der Waals surface area contributed by atoms with Crippen LogP contribution in [0.5, 0.6) is 0 Å². The van der Waals surface area contributed by atoms with E-state index in [4.69, 9.17) is 0 Å². The zero-order valence-electron chi connectivity index (χ0n) is 18.2. The van der Waals surface area contributed by atoms with Crippen molar-refractivity contribution in [1.29, 1.82) is 0 Å². The Labute approximate surface area is 183 Å². The summed E-state index contributed by atoms with van der Waals surface area (Å²) < 4.78 is 13.3. The number of hydrogen-bond acceptors (Lipinski definition) is 3. The lowest BCUT2D eigenvalue weighted by atomic mass is 10.1. The molecule has 2 rings (SSSR count). The fourth-order valence-corrected chi connectivity index (χ4v) is 3.79. The molecule has 2 aromatic rings. The van der Waals surface area contributed by atoms with Crippen LogP contribution in [0.3, 0.4) is 0 Å². The molecule has 0 aromatic heterocycles. The predicted octanol–water partition coefficient (Wildman–Crippen LogP) is 4.95. The van der Waals surface area contributed by atoms with Crippen LogP contribution in [0.2, 0.25) is 0 Å². The van der Waals surface area contributed by atoms with Crippen molar-refractivity contribution >= 4 is 23.6 Å². The zero-order valence-corrected chi connectivity index (χ0v) is 19.0. The number of aryl methyl sites for hydroxylation is 1. The minimum atomic E-state index is -0.574. The Hall–Kier alpha value is -2.34. The van der Waals surface area contributed by atoms with Crippen LogP contribution in [-0.2, 0) is 16.1 Å². The number of rotatable bonds is 10. The summed E-state index contributed by atoms with van der Waals surface area (Å²) in [4.78, 5) is 28.7. The molecule has 0 radical (unpaired) electrons. The standard InChI is InChI=1S/C24H31FN2O2S/c1-5-18(4)26-24(29)22(6-2)27(15-19-9-11-20(25)12-10-19)23(28)16-30-21-13-7-17(3)8-14-21/h7-14,18,22H,5-6,15-16H2,1-4H3,(H,26,29)/t18-,22-/m1/s1. The molecule has 4 nitrogen and oxygen atoms in total. The molecule has 2 atom stereocenters. The van der Waals surface area contributed by atoms with E-state index in [1.807, 2.05) is 52.0 Å². The molecule has 162 valence electrons. The van der Waals surface area contributed by atoms with E-state index >= 15 is 0 Å². The van der Waals surface area contributed by atoms with E-state index in [9.17, 15) is 14.0 Å². The van der Waals surface area contributed by atoms with Crippen LogP contribution >= 0.6 is 11.8 Å². The highest BCUT2D eigenvalue weighted by atomic mass is 32.2. The van der Waals surface area contributed by atoms with Crippen LogP contribution in [0.25, 0.3) is 0 Å². The van der Waals surface area contributed by atoms with E-state index in [1.165, 1.54) is 23.9 Å². The highest BCUT2D eigenvalue weighted by molar-refractivity contribution is 8.00. The van der Waals surface area contributed by atoms with Crippen molar-refractivity contribution < 1.29 is 14.0 Å². The fraction of sp³-hybridized carbons (Fsp3) is 0.417. The first kappa shape index (κ1) is 23.9. The van der Waals surface area contributed by atoms with Gasteiger partial charge in [-0.1, -0.05) is 43.7 Å². The molecule has 0 spiro atoms. The number of carbonyl (C=O) groups is 2. The Morgan fingerprint density at radius 1 is 1.03 bits per heavy atom. The number of carbonyl (C=O) groups excluding carboxylic acids is 2. The maximum absolute atomic E-state index is 13.3. The summed E-state index contributed by atoms with van der Waals surface area (Å²) in [5.41, 5.74) is 1.95. The van der Waals surface area contributed by atoms with Gasteiger partial charge in [0.2, 0.25) is 11.8 Å². The third-order valence-electron chi connectivity index (χ3n) is 5.04. The average Bonchev–Trinajstić information content (AvgIpc) is 2.74. The van der Waals surface area contributed by atoms with Crippen molar-refractivity contribution in [1.82, 2.24) is 10.2 Å². The van der Waals surface area contributed by atoms with E-state index in [0.717, 1.165) is 22.4 Å². The first-order valence-electron chi connectivity index (χ1n) is 10.4. The number of amides is 2. The molecule has 0 fully saturated rings. The fourth-order valence-electron chi connectivity index (χ4n) is 3.01. The summed E-state index contributed by atoms with van der Waals surface area (Å²) in [6.07, 6.45) is 1.32. The maximum Gasteiger partial charge on any atom is 0.243 e. The molecule has 0 aliphatic carbocycles. The van der Waals surface area contributed by atoms with Crippen molar-refractivity contribution in [2.75, 3.05) is 5.75 Å². The molecular weight excluding hydrogens is 399 g/mol. The lowest BCUT2D eigenvalue weighted by molar-refractivity contribution is -0.139. The van der Waals surface area contributed by atoms with Crippen LogP contribution in [0.15, 0.2) is 53.4 Å². The summed E-state index contributed by atoms with van der Waals surface area (Å²) in [5.74, 6) is -0.357. The van der Waals surface area contributed by atoms with Crippen LogP contribution in [0, 0.1) is 12.7 Å². The summed E-state index contributed by atoms with van der Waals surface area (Å²) in [6.45, 7) is 8.14. The topological polar surface area (TPSA) is 49.4 Å². The number of thioether (sulfide) groups is 1. The van der Waals surface area contributed by atoms with Crippen molar-refractivity contribution in [2.24, 2.45) is 0 Å². The Kier molecular flexibility index (Phi) is 9.37.